The van der Waals surface area contributed by atoms with Crippen molar-refractivity contribution in [3.05, 3.63) is 70.0 Å². The van der Waals surface area contributed by atoms with Crippen LogP contribution in [-0.2, 0) is 6.42 Å². The molecular formula is C17H19ClFN. The van der Waals surface area contributed by atoms with Crippen molar-refractivity contribution in [2.75, 3.05) is 7.05 Å². The van der Waals surface area contributed by atoms with Gasteiger partial charge in [0.15, 0.2) is 0 Å². The van der Waals surface area contributed by atoms with E-state index in [9.17, 15) is 4.39 Å². The van der Waals surface area contributed by atoms with Crippen molar-refractivity contribution in [1.29, 1.82) is 0 Å². The first kappa shape index (κ1) is 15.0. The van der Waals surface area contributed by atoms with Crippen LogP contribution in [0.3, 0.4) is 0 Å². The van der Waals surface area contributed by atoms with Crippen LogP contribution in [0, 0.1) is 12.7 Å². The van der Waals surface area contributed by atoms with Crippen LogP contribution in [0.15, 0.2) is 42.5 Å². The zero-order chi connectivity index (χ0) is 14.5. The van der Waals surface area contributed by atoms with Gasteiger partial charge in [0, 0.05) is 11.1 Å². The van der Waals surface area contributed by atoms with E-state index in [1.165, 1.54) is 23.3 Å². The Labute approximate surface area is 124 Å². The minimum atomic E-state index is -0.250. The summed E-state index contributed by atoms with van der Waals surface area (Å²) in [4.78, 5) is 0. The van der Waals surface area contributed by atoms with Gasteiger partial charge in [0.05, 0.1) is 0 Å². The van der Waals surface area contributed by atoms with Crippen LogP contribution in [0.4, 0.5) is 4.39 Å². The van der Waals surface area contributed by atoms with Crippen molar-refractivity contribution >= 4 is 11.6 Å². The topological polar surface area (TPSA) is 12.0 Å². The summed E-state index contributed by atoms with van der Waals surface area (Å²) in [5, 5.41) is 3.82. The highest BCUT2D eigenvalue weighted by molar-refractivity contribution is 6.31. The Morgan fingerprint density at radius 3 is 2.50 bits per heavy atom. The molecule has 0 spiro atoms. The predicted octanol–water partition coefficient (Wildman–Crippen LogP) is 4.68. The molecule has 1 N–H and O–H groups in total. The molecular weight excluding hydrogens is 273 g/mol. The fraction of sp³-hybridized carbons (Fsp3) is 0.294. The van der Waals surface area contributed by atoms with Crippen molar-refractivity contribution in [1.82, 2.24) is 5.32 Å². The summed E-state index contributed by atoms with van der Waals surface area (Å²) in [6.45, 7) is 2.08. The highest BCUT2D eigenvalue weighted by Crippen LogP contribution is 2.27. The molecule has 0 fully saturated rings. The van der Waals surface area contributed by atoms with Crippen molar-refractivity contribution < 1.29 is 4.39 Å². The fourth-order valence-corrected chi connectivity index (χ4v) is 2.55. The van der Waals surface area contributed by atoms with E-state index >= 15 is 0 Å². The van der Waals surface area contributed by atoms with Crippen LogP contribution in [-0.4, -0.2) is 7.05 Å². The maximum absolute atomic E-state index is 13.4. The number of rotatable bonds is 5. The lowest BCUT2D eigenvalue weighted by Crippen LogP contribution is -2.17. The molecule has 0 aromatic heterocycles. The van der Waals surface area contributed by atoms with E-state index < -0.39 is 0 Å². The summed E-state index contributed by atoms with van der Waals surface area (Å²) in [5.74, 6) is -0.250. The van der Waals surface area contributed by atoms with Crippen LogP contribution in [0.5, 0.6) is 0 Å². The average Bonchev–Trinajstić information content (AvgIpc) is 2.45. The zero-order valence-electron chi connectivity index (χ0n) is 11.8. The molecule has 2 aromatic carbocycles. The molecule has 0 aliphatic carbocycles. The van der Waals surface area contributed by atoms with Gasteiger partial charge in [0.2, 0.25) is 0 Å². The molecule has 0 heterocycles. The molecule has 0 radical (unpaired) electrons. The maximum atomic E-state index is 13.4. The maximum Gasteiger partial charge on any atom is 0.123 e. The lowest BCUT2D eigenvalue weighted by molar-refractivity contribution is 0.542. The molecule has 0 aliphatic rings. The lowest BCUT2D eigenvalue weighted by atomic mass is 9.98. The first-order chi connectivity index (χ1) is 9.60. The van der Waals surface area contributed by atoms with Crippen LogP contribution in [0.1, 0.15) is 29.2 Å². The third-order valence-corrected chi connectivity index (χ3v) is 3.87. The normalized spacial score (nSPS) is 12.4. The van der Waals surface area contributed by atoms with Gasteiger partial charge in [-0.25, -0.2) is 4.39 Å². The van der Waals surface area contributed by atoms with Gasteiger partial charge >= 0.3 is 0 Å². The average molecular weight is 292 g/mol. The number of halogens is 2. The highest BCUT2D eigenvalue weighted by Gasteiger charge is 2.13. The third kappa shape index (κ3) is 3.81. The minimum Gasteiger partial charge on any atom is -0.313 e. The smallest absolute Gasteiger partial charge is 0.123 e. The summed E-state index contributed by atoms with van der Waals surface area (Å²) >= 11 is 6.17. The van der Waals surface area contributed by atoms with Gasteiger partial charge in [-0.05, 0) is 56.1 Å². The van der Waals surface area contributed by atoms with E-state index in [-0.39, 0.29) is 11.9 Å². The molecule has 3 heteroatoms. The number of hydrogen-bond acceptors (Lipinski definition) is 1. The number of aryl methyl sites for hydroxylation is 2. The van der Waals surface area contributed by atoms with Crippen molar-refractivity contribution in [2.24, 2.45) is 0 Å². The van der Waals surface area contributed by atoms with Crippen molar-refractivity contribution in [3.63, 3.8) is 0 Å². The second kappa shape index (κ2) is 6.87. The summed E-state index contributed by atoms with van der Waals surface area (Å²) in [5.41, 5.74) is 3.36. The Balaban J connectivity index is 2.09. The zero-order valence-corrected chi connectivity index (χ0v) is 12.5. The number of nitrogens with one attached hydrogen (secondary N) is 1. The Morgan fingerprint density at radius 2 is 1.85 bits per heavy atom. The molecule has 0 aliphatic heterocycles. The van der Waals surface area contributed by atoms with Gasteiger partial charge in [-0.3, -0.25) is 0 Å². The lowest BCUT2D eigenvalue weighted by Gasteiger charge is -2.18. The van der Waals surface area contributed by atoms with Crippen molar-refractivity contribution in [3.8, 4) is 0 Å². The van der Waals surface area contributed by atoms with E-state index in [1.807, 2.05) is 7.05 Å². The predicted molar refractivity (Wildman–Crippen MR) is 82.7 cm³/mol. The van der Waals surface area contributed by atoms with Gasteiger partial charge < -0.3 is 5.32 Å². The SMILES string of the molecule is CNC(CCc1ccc(C)cc1)c1cc(F)ccc1Cl. The highest BCUT2D eigenvalue weighted by atomic mass is 35.5. The van der Waals surface area contributed by atoms with E-state index in [0.29, 0.717) is 5.02 Å². The molecule has 0 saturated heterocycles. The molecule has 0 amide bonds. The molecule has 1 atom stereocenters. The third-order valence-electron chi connectivity index (χ3n) is 3.52. The standard InChI is InChI=1S/C17H19ClFN/c1-12-3-5-13(6-4-12)7-10-17(20-2)15-11-14(19)8-9-16(15)18/h3-6,8-9,11,17,20H,7,10H2,1-2H3. The minimum absolute atomic E-state index is 0.0551. The molecule has 20 heavy (non-hydrogen) atoms. The van der Waals surface area contributed by atoms with Gasteiger partial charge in [-0.1, -0.05) is 41.4 Å². The van der Waals surface area contributed by atoms with E-state index in [1.54, 1.807) is 6.07 Å². The molecule has 2 aromatic rings. The largest absolute Gasteiger partial charge is 0.313 e. The molecule has 1 nitrogen and oxygen atoms in total. The van der Waals surface area contributed by atoms with E-state index in [4.69, 9.17) is 11.6 Å². The molecule has 106 valence electrons. The summed E-state index contributed by atoms with van der Waals surface area (Å²) in [6.07, 6.45) is 1.81. The Morgan fingerprint density at radius 1 is 1.15 bits per heavy atom. The monoisotopic (exact) mass is 291 g/mol. The van der Waals surface area contributed by atoms with Crippen LogP contribution in [0.25, 0.3) is 0 Å². The number of hydrogen-bond donors (Lipinski definition) is 1. The molecule has 2 rings (SSSR count). The van der Waals surface area contributed by atoms with Crippen LogP contribution >= 0.6 is 11.6 Å². The molecule has 0 saturated carbocycles. The second-order valence-electron chi connectivity index (χ2n) is 5.03. The van der Waals surface area contributed by atoms with Crippen LogP contribution in [0.2, 0.25) is 5.02 Å². The summed E-state index contributed by atoms with van der Waals surface area (Å²) < 4.78 is 13.4. The summed E-state index contributed by atoms with van der Waals surface area (Å²) in [6, 6.07) is 13.1. The molecule has 0 bridgehead atoms. The van der Waals surface area contributed by atoms with E-state index in [0.717, 1.165) is 18.4 Å². The van der Waals surface area contributed by atoms with Gasteiger partial charge in [-0.2, -0.15) is 0 Å². The van der Waals surface area contributed by atoms with Crippen molar-refractivity contribution in [2.45, 2.75) is 25.8 Å². The Bertz CT molecular complexity index is 566. The van der Waals surface area contributed by atoms with E-state index in [2.05, 4.69) is 36.5 Å². The fourth-order valence-electron chi connectivity index (χ4n) is 2.30. The van der Waals surface area contributed by atoms with Gasteiger partial charge in [0.1, 0.15) is 5.82 Å². The first-order valence-corrected chi connectivity index (χ1v) is 7.15. The summed E-state index contributed by atoms with van der Waals surface area (Å²) in [7, 11) is 1.88. The van der Waals surface area contributed by atoms with Gasteiger partial charge in [-0.15, -0.1) is 0 Å². The Hall–Kier alpha value is -1.38. The second-order valence-corrected chi connectivity index (χ2v) is 5.44. The molecule has 1 unspecified atom stereocenters. The van der Waals surface area contributed by atoms with Gasteiger partial charge in [0.25, 0.3) is 0 Å². The first-order valence-electron chi connectivity index (χ1n) is 6.78. The number of benzene rings is 2. The quantitative estimate of drug-likeness (QED) is 0.843. The van der Waals surface area contributed by atoms with Crippen LogP contribution < -0.4 is 5.32 Å². The Kier molecular flexibility index (Phi) is 5.16.